The summed E-state index contributed by atoms with van der Waals surface area (Å²) in [5.74, 6) is 1.59. The summed E-state index contributed by atoms with van der Waals surface area (Å²) < 4.78 is 24.0. The molecular formula is C44H39N5O6. The van der Waals surface area contributed by atoms with Crippen molar-refractivity contribution >= 4 is 41.3 Å². The quantitative estimate of drug-likeness (QED) is 0.170. The smallest absolute Gasteiger partial charge is 0.257 e. The van der Waals surface area contributed by atoms with E-state index in [2.05, 4.69) is 24.3 Å². The highest BCUT2D eigenvalue weighted by Gasteiger charge is 2.35. The highest BCUT2D eigenvalue weighted by atomic mass is 16.5. The van der Waals surface area contributed by atoms with Crippen molar-refractivity contribution in [3.8, 4) is 23.0 Å². The maximum absolute atomic E-state index is 13.8. The topological polar surface area (TPSA) is 128 Å². The van der Waals surface area contributed by atoms with E-state index in [1.807, 2.05) is 64.7 Å². The van der Waals surface area contributed by atoms with E-state index < -0.39 is 0 Å². The number of aliphatic imine (C=N–C) groups is 2. The van der Waals surface area contributed by atoms with Gasteiger partial charge in [-0.25, -0.2) is 0 Å². The molecule has 0 fully saturated rings. The number of nitrogens with two attached hydrogens (primary N) is 1. The number of amides is 2. The lowest BCUT2D eigenvalue weighted by atomic mass is 9.94. The van der Waals surface area contributed by atoms with Gasteiger partial charge in [0.15, 0.2) is 23.0 Å². The third-order valence-corrected chi connectivity index (χ3v) is 10.8. The lowest BCUT2D eigenvalue weighted by Gasteiger charge is -2.34. The summed E-state index contributed by atoms with van der Waals surface area (Å²) in [5, 5.41) is 0. The summed E-state index contributed by atoms with van der Waals surface area (Å²) in [4.78, 5) is 40.8. The number of hydrogen-bond acceptors (Lipinski definition) is 9. The summed E-state index contributed by atoms with van der Waals surface area (Å²) in [6.07, 6.45) is 5.13. The van der Waals surface area contributed by atoms with Gasteiger partial charge in [0, 0.05) is 43.3 Å². The normalized spacial score (nSPS) is 17.8. The fraction of sp³-hybridized carbons (Fsp3) is 0.227. The van der Waals surface area contributed by atoms with Gasteiger partial charge in [-0.2, -0.15) is 0 Å². The van der Waals surface area contributed by atoms with Crippen LogP contribution in [0.15, 0.2) is 101 Å². The summed E-state index contributed by atoms with van der Waals surface area (Å²) in [7, 11) is 3.10. The number of nitrogens with zero attached hydrogens (tertiary/aromatic N) is 4. The molecule has 0 radical (unpaired) electrons. The number of carbonyl (C=O) groups is 2. The zero-order valence-corrected chi connectivity index (χ0v) is 30.5. The van der Waals surface area contributed by atoms with Crippen molar-refractivity contribution in [3.05, 3.63) is 136 Å². The Morgan fingerprint density at radius 1 is 0.600 bits per heavy atom. The van der Waals surface area contributed by atoms with Gasteiger partial charge in [0.2, 0.25) is 0 Å². The molecule has 0 saturated heterocycles. The molecule has 4 heterocycles. The Balaban J connectivity index is 0.913. The van der Waals surface area contributed by atoms with Crippen molar-refractivity contribution in [1.82, 2.24) is 9.80 Å². The first-order valence-corrected chi connectivity index (χ1v) is 18.3. The molecule has 9 rings (SSSR count). The zero-order chi connectivity index (χ0) is 37.6. The SMILES string of the molecule is COc1cc2c(cc1OCc1cc(N)cc(COc3cc4c(cc3OC)C(=O)N3Cc5ccccc5C[C@H]3C=N4)c1)N=CC1Cc3ccccc3CN1C2=O. The predicted octanol–water partition coefficient (Wildman–Crippen LogP) is 7.01. The van der Waals surface area contributed by atoms with Crippen molar-refractivity contribution in [2.75, 3.05) is 20.0 Å². The number of fused-ring (bicyclic) bond motifs is 6. The average molecular weight is 734 g/mol. The Morgan fingerprint density at radius 3 is 1.47 bits per heavy atom. The second-order valence-corrected chi connectivity index (χ2v) is 14.2. The molecule has 4 aliphatic rings. The highest BCUT2D eigenvalue weighted by molar-refractivity contribution is 6.04. The van der Waals surface area contributed by atoms with E-state index in [1.54, 1.807) is 38.5 Å². The monoisotopic (exact) mass is 733 g/mol. The molecule has 0 aliphatic carbocycles. The largest absolute Gasteiger partial charge is 0.493 e. The standard InChI is InChI=1S/C44H39N5O6/c1-52-39-16-35-37(46-20-33-14-28-7-3-5-9-30(28)22-48(33)43(35)50)18-41(39)54-24-26-11-27(13-32(45)12-26)25-55-42-19-38-36(17-40(42)53-2)44(51)49-23-31-10-6-4-8-29(31)15-34(49)21-47-38/h3-13,16-21,33-34H,14-15,22-25,45H2,1-2H3/t33-,34?/m0/s1. The Hall–Kier alpha value is -6.62. The van der Waals surface area contributed by atoms with Gasteiger partial charge in [-0.05, 0) is 76.6 Å². The fourth-order valence-electron chi connectivity index (χ4n) is 7.93. The maximum Gasteiger partial charge on any atom is 0.257 e. The number of methoxy groups -OCH3 is 2. The van der Waals surface area contributed by atoms with Gasteiger partial charge >= 0.3 is 0 Å². The third-order valence-electron chi connectivity index (χ3n) is 10.8. The van der Waals surface area contributed by atoms with E-state index >= 15 is 0 Å². The minimum atomic E-state index is -0.139. The van der Waals surface area contributed by atoms with Crippen molar-refractivity contribution < 1.29 is 28.5 Å². The highest BCUT2D eigenvalue weighted by Crippen LogP contribution is 2.40. The van der Waals surface area contributed by atoms with Gasteiger partial charge in [0.25, 0.3) is 11.8 Å². The number of ether oxygens (including phenoxy) is 4. The van der Waals surface area contributed by atoms with Crippen LogP contribution in [0.2, 0.25) is 0 Å². The lowest BCUT2D eigenvalue weighted by molar-refractivity contribution is 0.0696. The summed E-state index contributed by atoms with van der Waals surface area (Å²) in [6.45, 7) is 1.40. The van der Waals surface area contributed by atoms with E-state index in [9.17, 15) is 9.59 Å². The lowest BCUT2D eigenvalue weighted by Crippen LogP contribution is -2.44. The van der Waals surface area contributed by atoms with Gasteiger partial charge in [0.05, 0.1) is 48.8 Å². The summed E-state index contributed by atoms with van der Waals surface area (Å²) in [5.41, 5.74) is 15.3. The first-order chi connectivity index (χ1) is 26.8. The van der Waals surface area contributed by atoms with Crippen LogP contribution in [-0.2, 0) is 39.1 Å². The first kappa shape index (κ1) is 34.2. The molecule has 2 N–H and O–H groups in total. The molecule has 2 atom stereocenters. The number of rotatable bonds is 8. The van der Waals surface area contributed by atoms with Crippen LogP contribution in [0.3, 0.4) is 0 Å². The van der Waals surface area contributed by atoms with E-state index in [1.165, 1.54) is 11.1 Å². The molecule has 5 aromatic carbocycles. The number of nitrogen functional groups attached to an aromatic ring is 1. The third kappa shape index (κ3) is 6.41. The molecule has 5 aromatic rings. The number of anilines is 1. The number of benzene rings is 5. The van der Waals surface area contributed by atoms with E-state index in [-0.39, 0.29) is 37.1 Å². The molecular weight excluding hydrogens is 695 g/mol. The minimum absolute atomic E-state index is 0.0939. The molecule has 1 unspecified atom stereocenters. The van der Waals surface area contributed by atoms with Gasteiger partial charge in [-0.15, -0.1) is 0 Å². The van der Waals surface area contributed by atoms with E-state index in [4.69, 9.17) is 34.7 Å². The van der Waals surface area contributed by atoms with Crippen LogP contribution in [0.1, 0.15) is 54.1 Å². The Kier molecular flexibility index (Phi) is 8.69. The molecule has 11 nitrogen and oxygen atoms in total. The zero-order valence-electron chi connectivity index (χ0n) is 30.5. The minimum Gasteiger partial charge on any atom is -0.493 e. The molecule has 276 valence electrons. The molecule has 0 aromatic heterocycles. The van der Waals surface area contributed by atoms with Crippen LogP contribution in [0.25, 0.3) is 0 Å². The molecule has 0 bridgehead atoms. The van der Waals surface area contributed by atoms with E-state index in [0.29, 0.717) is 77.1 Å². The van der Waals surface area contributed by atoms with Gasteiger partial charge in [0.1, 0.15) is 13.2 Å². The average Bonchev–Trinajstić information content (AvgIpc) is 3.42. The fourth-order valence-corrected chi connectivity index (χ4v) is 7.93. The van der Waals surface area contributed by atoms with Crippen molar-refractivity contribution in [3.63, 3.8) is 0 Å². The first-order valence-electron chi connectivity index (χ1n) is 18.3. The Labute approximate surface area is 318 Å². The van der Waals surface area contributed by atoms with Crippen LogP contribution in [0.4, 0.5) is 17.1 Å². The Morgan fingerprint density at radius 2 is 1.04 bits per heavy atom. The molecule has 0 spiro atoms. The molecule has 4 aliphatic heterocycles. The van der Waals surface area contributed by atoms with Crippen LogP contribution < -0.4 is 24.7 Å². The van der Waals surface area contributed by atoms with Crippen molar-refractivity contribution in [1.29, 1.82) is 0 Å². The predicted molar refractivity (Wildman–Crippen MR) is 209 cm³/mol. The van der Waals surface area contributed by atoms with Crippen LogP contribution in [0, 0.1) is 0 Å². The van der Waals surface area contributed by atoms with Gasteiger partial charge in [-0.3, -0.25) is 19.6 Å². The molecule has 11 heteroatoms. The summed E-state index contributed by atoms with van der Waals surface area (Å²) >= 11 is 0. The second kappa shape index (κ2) is 14.0. The molecule has 2 amide bonds. The van der Waals surface area contributed by atoms with Crippen molar-refractivity contribution in [2.24, 2.45) is 9.98 Å². The molecule has 55 heavy (non-hydrogen) atoms. The van der Waals surface area contributed by atoms with Crippen LogP contribution in [-0.4, -0.2) is 60.3 Å². The Bertz CT molecular complexity index is 2260. The second-order valence-electron chi connectivity index (χ2n) is 14.2. The van der Waals surface area contributed by atoms with E-state index in [0.717, 1.165) is 22.3 Å². The maximum atomic E-state index is 13.8. The summed E-state index contributed by atoms with van der Waals surface area (Å²) in [6, 6.07) is 28.7. The van der Waals surface area contributed by atoms with Gasteiger partial charge in [-0.1, -0.05) is 48.5 Å². The van der Waals surface area contributed by atoms with Crippen LogP contribution in [0.5, 0.6) is 23.0 Å². The van der Waals surface area contributed by atoms with Crippen LogP contribution >= 0.6 is 0 Å². The van der Waals surface area contributed by atoms with Gasteiger partial charge < -0.3 is 34.5 Å². The molecule has 0 saturated carbocycles. The number of carbonyl (C=O) groups excluding carboxylic acids is 2. The number of hydrogen-bond donors (Lipinski definition) is 1. The van der Waals surface area contributed by atoms with Crippen molar-refractivity contribution in [2.45, 2.75) is 51.2 Å².